The zero-order valence-corrected chi connectivity index (χ0v) is 15.7. The molecule has 2 aromatic carbocycles. The van der Waals surface area contributed by atoms with Crippen LogP contribution in [-0.4, -0.2) is 18.9 Å². The fourth-order valence-electron chi connectivity index (χ4n) is 2.54. The first-order chi connectivity index (χ1) is 12.4. The second kappa shape index (κ2) is 7.25. The number of esters is 1. The maximum absolute atomic E-state index is 12.7. The van der Waals surface area contributed by atoms with Crippen LogP contribution >= 0.6 is 11.8 Å². The molecular formula is C20H19NO4S. The van der Waals surface area contributed by atoms with Crippen LogP contribution in [0.1, 0.15) is 18.1 Å². The molecule has 1 aliphatic heterocycles. The summed E-state index contributed by atoms with van der Waals surface area (Å²) in [6.07, 6.45) is -0.602. The van der Waals surface area contributed by atoms with Crippen molar-refractivity contribution in [2.75, 3.05) is 11.7 Å². The zero-order valence-electron chi connectivity index (χ0n) is 14.9. The summed E-state index contributed by atoms with van der Waals surface area (Å²) in [5.74, 6) is -0.598. The van der Waals surface area contributed by atoms with Gasteiger partial charge in [-0.25, -0.2) is 14.5 Å². The fourth-order valence-corrected chi connectivity index (χ4v) is 3.80. The number of rotatable bonds is 3. The SMILES string of the molecule is C=C(C)C(=O)OCOC(=O)N1c2ccc(C)cc2Sc2cc(C)ccc21. The van der Waals surface area contributed by atoms with E-state index in [2.05, 4.69) is 6.58 Å². The average molecular weight is 369 g/mol. The number of carbonyl (C=O) groups is 2. The van der Waals surface area contributed by atoms with E-state index in [0.29, 0.717) is 0 Å². The molecule has 0 saturated carbocycles. The molecule has 0 radical (unpaired) electrons. The molecule has 0 bridgehead atoms. The molecule has 1 heterocycles. The Balaban J connectivity index is 1.89. The minimum atomic E-state index is -0.602. The van der Waals surface area contributed by atoms with Crippen molar-refractivity contribution in [3.63, 3.8) is 0 Å². The van der Waals surface area contributed by atoms with Gasteiger partial charge in [-0.15, -0.1) is 0 Å². The molecule has 5 nitrogen and oxygen atoms in total. The monoisotopic (exact) mass is 369 g/mol. The quantitative estimate of drug-likeness (QED) is 0.427. The van der Waals surface area contributed by atoms with Crippen LogP contribution in [0.25, 0.3) is 0 Å². The first-order valence-electron chi connectivity index (χ1n) is 8.05. The highest BCUT2D eigenvalue weighted by Crippen LogP contribution is 2.48. The van der Waals surface area contributed by atoms with Gasteiger partial charge in [0.05, 0.1) is 11.4 Å². The van der Waals surface area contributed by atoms with Crippen LogP contribution in [0, 0.1) is 13.8 Å². The minimum absolute atomic E-state index is 0.247. The average Bonchev–Trinajstić information content (AvgIpc) is 2.58. The molecule has 0 spiro atoms. The second-order valence-electron chi connectivity index (χ2n) is 6.12. The second-order valence-corrected chi connectivity index (χ2v) is 7.20. The smallest absolute Gasteiger partial charge is 0.421 e. The Morgan fingerprint density at radius 3 is 2.04 bits per heavy atom. The molecule has 2 aromatic rings. The third-order valence-electron chi connectivity index (χ3n) is 3.84. The van der Waals surface area contributed by atoms with E-state index in [-0.39, 0.29) is 5.57 Å². The Morgan fingerprint density at radius 2 is 1.54 bits per heavy atom. The number of nitrogens with zero attached hydrogens (tertiary/aromatic N) is 1. The van der Waals surface area contributed by atoms with E-state index in [1.54, 1.807) is 11.8 Å². The summed E-state index contributed by atoms with van der Waals surface area (Å²) in [5, 5.41) is 0. The van der Waals surface area contributed by atoms with Gasteiger partial charge >= 0.3 is 12.1 Å². The summed E-state index contributed by atoms with van der Waals surface area (Å²) < 4.78 is 10.0. The minimum Gasteiger partial charge on any atom is -0.424 e. The van der Waals surface area contributed by atoms with E-state index in [0.717, 1.165) is 32.3 Å². The Morgan fingerprint density at radius 1 is 1.00 bits per heavy atom. The van der Waals surface area contributed by atoms with Gasteiger partial charge in [-0.3, -0.25) is 0 Å². The van der Waals surface area contributed by atoms with Crippen molar-refractivity contribution >= 4 is 35.2 Å². The van der Waals surface area contributed by atoms with Crippen molar-refractivity contribution in [2.24, 2.45) is 0 Å². The molecule has 0 aliphatic carbocycles. The first-order valence-corrected chi connectivity index (χ1v) is 8.87. The lowest BCUT2D eigenvalue weighted by molar-refractivity contribution is -0.146. The van der Waals surface area contributed by atoms with E-state index in [9.17, 15) is 9.59 Å². The van der Waals surface area contributed by atoms with Gasteiger partial charge < -0.3 is 9.47 Å². The largest absolute Gasteiger partial charge is 0.424 e. The van der Waals surface area contributed by atoms with Crippen LogP contribution in [0.3, 0.4) is 0 Å². The van der Waals surface area contributed by atoms with Crippen LogP contribution in [0.5, 0.6) is 0 Å². The van der Waals surface area contributed by atoms with Gasteiger partial charge in [0.2, 0.25) is 6.79 Å². The standard InChI is InChI=1S/C20H19NO4S/c1-12(2)19(22)24-11-25-20(23)21-15-7-5-13(3)9-17(15)26-18-10-14(4)6-8-16(18)21/h5-10H,1,11H2,2-4H3. The number of anilines is 2. The number of amides is 1. The number of fused-ring (bicyclic) bond motifs is 2. The molecule has 134 valence electrons. The van der Waals surface area contributed by atoms with Gasteiger partial charge in [0.25, 0.3) is 0 Å². The topological polar surface area (TPSA) is 55.8 Å². The zero-order chi connectivity index (χ0) is 18.8. The molecule has 0 aromatic heterocycles. The van der Waals surface area contributed by atoms with Crippen molar-refractivity contribution < 1.29 is 19.1 Å². The summed E-state index contributed by atoms with van der Waals surface area (Å²) in [4.78, 5) is 27.6. The highest BCUT2D eigenvalue weighted by molar-refractivity contribution is 7.99. The molecule has 0 saturated heterocycles. The van der Waals surface area contributed by atoms with Gasteiger partial charge in [-0.1, -0.05) is 30.5 Å². The molecule has 0 unspecified atom stereocenters. The van der Waals surface area contributed by atoms with Crippen LogP contribution < -0.4 is 4.90 Å². The van der Waals surface area contributed by atoms with Crippen molar-refractivity contribution in [1.29, 1.82) is 0 Å². The van der Waals surface area contributed by atoms with E-state index >= 15 is 0 Å². The molecule has 6 heteroatoms. The summed E-state index contributed by atoms with van der Waals surface area (Å²) in [6, 6.07) is 11.7. The Hall–Kier alpha value is -2.73. The van der Waals surface area contributed by atoms with Crippen molar-refractivity contribution in [3.8, 4) is 0 Å². The third-order valence-corrected chi connectivity index (χ3v) is 4.93. The summed E-state index contributed by atoms with van der Waals surface area (Å²) in [5.41, 5.74) is 3.95. The number of carbonyl (C=O) groups excluding carboxylic acids is 2. The van der Waals surface area contributed by atoms with E-state index in [1.165, 1.54) is 11.8 Å². The van der Waals surface area contributed by atoms with Crippen molar-refractivity contribution in [2.45, 2.75) is 30.6 Å². The molecule has 1 aliphatic rings. The van der Waals surface area contributed by atoms with Gasteiger partial charge in [-0.2, -0.15) is 0 Å². The lowest BCUT2D eigenvalue weighted by atomic mass is 10.1. The van der Waals surface area contributed by atoms with Gasteiger partial charge in [-0.05, 0) is 56.2 Å². The number of ether oxygens (including phenoxy) is 2. The Bertz CT molecular complexity index is 855. The maximum Gasteiger partial charge on any atom is 0.421 e. The fraction of sp³-hybridized carbons (Fsp3) is 0.200. The number of hydrogen-bond acceptors (Lipinski definition) is 5. The van der Waals surface area contributed by atoms with E-state index in [4.69, 9.17) is 9.47 Å². The van der Waals surface area contributed by atoms with Crippen LogP contribution in [0.4, 0.5) is 16.2 Å². The lowest BCUT2D eigenvalue weighted by Gasteiger charge is -2.30. The van der Waals surface area contributed by atoms with Crippen molar-refractivity contribution in [3.05, 3.63) is 59.7 Å². The highest BCUT2D eigenvalue weighted by Gasteiger charge is 2.29. The van der Waals surface area contributed by atoms with Gasteiger partial charge in [0, 0.05) is 15.4 Å². The lowest BCUT2D eigenvalue weighted by Crippen LogP contribution is -2.30. The van der Waals surface area contributed by atoms with Crippen molar-refractivity contribution in [1.82, 2.24) is 0 Å². The molecule has 0 fully saturated rings. The molecule has 0 N–H and O–H groups in total. The molecule has 26 heavy (non-hydrogen) atoms. The Labute approximate surface area is 156 Å². The molecule has 3 rings (SSSR count). The summed E-state index contributed by atoms with van der Waals surface area (Å²) in [7, 11) is 0. The van der Waals surface area contributed by atoms with E-state index in [1.807, 2.05) is 50.2 Å². The first kappa shape index (κ1) is 18.1. The number of hydrogen-bond donors (Lipinski definition) is 0. The third kappa shape index (κ3) is 3.60. The van der Waals surface area contributed by atoms with Crippen LogP contribution in [0.2, 0.25) is 0 Å². The number of benzene rings is 2. The molecule has 0 atom stereocenters. The molecule has 1 amide bonds. The maximum atomic E-state index is 12.7. The van der Waals surface area contributed by atoms with Gasteiger partial charge in [0.1, 0.15) is 0 Å². The number of aryl methyl sites for hydroxylation is 2. The normalized spacial score (nSPS) is 12.0. The van der Waals surface area contributed by atoms with Crippen LogP contribution in [-0.2, 0) is 14.3 Å². The summed E-state index contributed by atoms with van der Waals surface area (Å²) in [6.45, 7) is 8.57. The Kier molecular flexibility index (Phi) is 5.04. The highest BCUT2D eigenvalue weighted by atomic mass is 32.2. The summed E-state index contributed by atoms with van der Waals surface area (Å²) >= 11 is 1.62. The van der Waals surface area contributed by atoms with Gasteiger partial charge in [0.15, 0.2) is 0 Å². The van der Waals surface area contributed by atoms with Crippen LogP contribution in [0.15, 0.2) is 58.3 Å². The molecular weight excluding hydrogens is 350 g/mol. The predicted octanol–water partition coefficient (Wildman–Crippen LogP) is 5.12. The predicted molar refractivity (Wildman–Crippen MR) is 101 cm³/mol. The van der Waals surface area contributed by atoms with E-state index < -0.39 is 18.9 Å².